The fraction of sp³-hybridized carbons (Fsp3) is 0.152. The van der Waals surface area contributed by atoms with Crippen LogP contribution in [0, 0.1) is 0 Å². The van der Waals surface area contributed by atoms with E-state index in [1.165, 1.54) is 0 Å². The van der Waals surface area contributed by atoms with E-state index in [2.05, 4.69) is 11.5 Å². The zero-order valence-corrected chi connectivity index (χ0v) is 30.7. The SMILES string of the molecule is C=C(OO)Oc1ccc(-c2c3nc(cc4ccc([n-]4)c(C(CCP(=O)(O)O)CCP(=O)(O)O)c4nc(cc5ccc2[n-]5)C=C4)C=C3)cc1.[Zn+2]. The molecule has 0 fully saturated rings. The van der Waals surface area contributed by atoms with Crippen molar-refractivity contribution in [1.82, 2.24) is 19.9 Å². The molecule has 5 heterocycles. The molecular formula is C33H30N4O9P2Zn. The molecule has 1 aromatic carbocycles. The van der Waals surface area contributed by atoms with Gasteiger partial charge in [-0.25, -0.2) is 9.97 Å². The maximum atomic E-state index is 11.9. The quantitative estimate of drug-likeness (QED) is 0.0332. The zero-order valence-electron chi connectivity index (χ0n) is 26.0. The van der Waals surface area contributed by atoms with E-state index in [1.807, 2.05) is 36.4 Å². The average molecular weight is 754 g/mol. The number of hydrogen-bond donors (Lipinski definition) is 5. The Hall–Kier alpha value is -3.96. The van der Waals surface area contributed by atoms with E-state index in [-0.39, 0.29) is 38.3 Å². The molecule has 2 aliphatic heterocycles. The summed E-state index contributed by atoms with van der Waals surface area (Å²) in [6, 6.07) is 17.9. The Morgan fingerprint density at radius 2 is 1.29 bits per heavy atom. The first-order valence-electron chi connectivity index (χ1n) is 14.7. The summed E-state index contributed by atoms with van der Waals surface area (Å²) in [6.07, 6.45) is 6.24. The summed E-state index contributed by atoms with van der Waals surface area (Å²) in [5, 5.41) is 8.76. The summed E-state index contributed by atoms with van der Waals surface area (Å²) in [5.41, 5.74) is 6.69. The van der Waals surface area contributed by atoms with Crippen LogP contribution in [-0.4, -0.2) is 47.1 Å². The van der Waals surface area contributed by atoms with E-state index < -0.39 is 33.4 Å². The topological polar surface area (TPSA) is 208 Å². The van der Waals surface area contributed by atoms with Gasteiger partial charge in [0.05, 0.1) is 35.1 Å². The Morgan fingerprint density at radius 3 is 1.86 bits per heavy atom. The van der Waals surface area contributed by atoms with E-state index in [0.717, 1.165) is 11.1 Å². The minimum Gasteiger partial charge on any atom is -0.657 e. The van der Waals surface area contributed by atoms with Crippen LogP contribution in [0.2, 0.25) is 0 Å². The van der Waals surface area contributed by atoms with Gasteiger partial charge >= 0.3 is 40.6 Å². The van der Waals surface area contributed by atoms with Gasteiger partial charge in [0.15, 0.2) is 0 Å². The second-order valence-corrected chi connectivity index (χ2v) is 14.8. The molecule has 4 aromatic rings. The van der Waals surface area contributed by atoms with Crippen molar-refractivity contribution in [2.45, 2.75) is 18.8 Å². The van der Waals surface area contributed by atoms with Crippen molar-refractivity contribution in [3.8, 4) is 16.9 Å². The van der Waals surface area contributed by atoms with Crippen LogP contribution in [0.15, 0.2) is 73.2 Å². The molecular weight excluding hydrogens is 724 g/mol. The molecule has 0 aliphatic carbocycles. The van der Waals surface area contributed by atoms with Crippen LogP contribution in [0.1, 0.15) is 47.1 Å². The molecule has 2 aliphatic rings. The van der Waals surface area contributed by atoms with Crippen molar-refractivity contribution in [2.24, 2.45) is 0 Å². The van der Waals surface area contributed by atoms with Gasteiger partial charge in [-0.1, -0.05) is 48.5 Å². The monoisotopic (exact) mass is 752 g/mol. The first kappa shape index (κ1) is 36.3. The van der Waals surface area contributed by atoms with E-state index in [9.17, 15) is 28.7 Å². The molecule has 0 amide bonds. The molecule has 0 unspecified atom stereocenters. The molecule has 16 heteroatoms. The molecule has 5 N–H and O–H groups in total. The number of nitrogens with zero attached hydrogens (tertiary/aromatic N) is 4. The van der Waals surface area contributed by atoms with Gasteiger partial charge in [0, 0.05) is 0 Å². The molecule has 0 radical (unpaired) electrons. The van der Waals surface area contributed by atoms with Crippen LogP contribution < -0.4 is 14.7 Å². The summed E-state index contributed by atoms with van der Waals surface area (Å²) in [5.74, 6) is -0.532. The number of hydrogen-bond acceptors (Lipinski definition) is 7. The summed E-state index contributed by atoms with van der Waals surface area (Å²) in [4.78, 5) is 61.9. The minimum absolute atomic E-state index is 0. The Labute approximate surface area is 293 Å². The third-order valence-electron chi connectivity index (χ3n) is 7.72. The van der Waals surface area contributed by atoms with Crippen LogP contribution in [-0.2, 0) is 33.5 Å². The Morgan fingerprint density at radius 1 is 0.755 bits per heavy atom. The van der Waals surface area contributed by atoms with E-state index in [1.54, 1.807) is 48.6 Å². The molecule has 8 bridgehead atoms. The summed E-state index contributed by atoms with van der Waals surface area (Å²) >= 11 is 0. The third kappa shape index (κ3) is 9.19. The molecule has 248 valence electrons. The summed E-state index contributed by atoms with van der Waals surface area (Å²) < 4.78 is 29.0. The van der Waals surface area contributed by atoms with E-state index in [0.29, 0.717) is 56.2 Å². The molecule has 13 nitrogen and oxygen atoms in total. The van der Waals surface area contributed by atoms with E-state index >= 15 is 0 Å². The first-order valence-corrected chi connectivity index (χ1v) is 18.3. The van der Waals surface area contributed by atoms with Gasteiger partial charge in [0.25, 0.3) is 0 Å². The van der Waals surface area contributed by atoms with Crippen LogP contribution in [0.5, 0.6) is 5.75 Å². The predicted molar refractivity (Wildman–Crippen MR) is 182 cm³/mol. The van der Waals surface area contributed by atoms with Crippen molar-refractivity contribution < 1.29 is 63.1 Å². The summed E-state index contributed by atoms with van der Waals surface area (Å²) in [6.45, 7) is 3.45. The van der Waals surface area contributed by atoms with Crippen molar-refractivity contribution in [2.75, 3.05) is 12.3 Å². The molecule has 0 saturated heterocycles. The number of rotatable bonds is 11. The molecule has 6 rings (SSSR count). The van der Waals surface area contributed by atoms with Gasteiger partial charge in [-0.05, 0) is 78.5 Å². The van der Waals surface area contributed by atoms with Gasteiger partial charge in [0.2, 0.25) is 0 Å². The van der Waals surface area contributed by atoms with Crippen LogP contribution >= 0.6 is 15.2 Å². The normalized spacial score (nSPS) is 12.6. The Kier molecular flexibility index (Phi) is 11.0. The Balaban J connectivity index is 0.00000468. The largest absolute Gasteiger partial charge is 2.00 e. The molecule has 0 atom stereocenters. The smallest absolute Gasteiger partial charge is 0.657 e. The molecule has 3 aromatic heterocycles. The number of fused-ring (bicyclic) bond motifs is 8. The standard InChI is InChI=1S/C33H30N4O9P2.Zn/c1-20(46-38)45-27-8-2-21(3-9-27)32-28-10-4-23(34-28)18-25-6-12-30(36-25)33(22(14-16-47(39,40)41)15-17-48(42,43)44)31-13-7-26(37-31)19-24-5-11-29(32)35-24;/h2-13,18-19,22,38H,1,14-17H2,(H2,39,40,41)(H2,42,43,44);/q-2;+2. The van der Waals surface area contributed by atoms with Gasteiger partial charge in [0.1, 0.15) is 5.75 Å². The third-order valence-corrected chi connectivity index (χ3v) is 9.41. The minimum atomic E-state index is -4.41. The molecule has 0 saturated carbocycles. The van der Waals surface area contributed by atoms with Crippen molar-refractivity contribution in [3.63, 3.8) is 0 Å². The first-order chi connectivity index (χ1) is 22.8. The van der Waals surface area contributed by atoms with Crippen LogP contribution in [0.4, 0.5) is 0 Å². The van der Waals surface area contributed by atoms with Crippen molar-refractivity contribution >= 4 is 61.6 Å². The van der Waals surface area contributed by atoms with Gasteiger partial charge in [-0.15, -0.1) is 22.1 Å². The van der Waals surface area contributed by atoms with Crippen molar-refractivity contribution in [3.05, 3.63) is 102 Å². The second kappa shape index (κ2) is 14.9. The van der Waals surface area contributed by atoms with Crippen LogP contribution in [0.25, 0.3) is 57.5 Å². The fourth-order valence-corrected chi connectivity index (χ4v) is 6.91. The molecule has 0 spiro atoms. The maximum Gasteiger partial charge on any atom is 2.00 e. The van der Waals surface area contributed by atoms with Gasteiger partial charge in [-0.2, -0.15) is 5.26 Å². The zero-order chi connectivity index (χ0) is 34.1. The maximum absolute atomic E-state index is 11.9. The summed E-state index contributed by atoms with van der Waals surface area (Å²) in [7, 11) is -8.83. The fourth-order valence-electron chi connectivity index (χ4n) is 5.61. The predicted octanol–water partition coefficient (Wildman–Crippen LogP) is 6.14. The average Bonchev–Trinajstić information content (AvgIpc) is 3.85. The number of benzene rings is 1. The number of aromatic nitrogens is 4. The van der Waals surface area contributed by atoms with Gasteiger partial charge < -0.3 is 39.2 Å². The van der Waals surface area contributed by atoms with Gasteiger partial charge in [-0.3, -0.25) is 9.13 Å². The Bertz CT molecular complexity index is 2180. The number of ether oxygens (including phenoxy) is 1. The molecule has 49 heavy (non-hydrogen) atoms. The van der Waals surface area contributed by atoms with E-state index in [4.69, 9.17) is 29.9 Å². The van der Waals surface area contributed by atoms with Crippen molar-refractivity contribution in [1.29, 1.82) is 0 Å². The second-order valence-electron chi connectivity index (χ2n) is 11.2. The van der Waals surface area contributed by atoms with Crippen LogP contribution in [0.3, 0.4) is 0 Å².